The monoisotopic (exact) mass is 680 g/mol. The molecular formula is C41H52N4O5. The van der Waals surface area contributed by atoms with Crippen LogP contribution < -0.4 is 5.11 Å². The number of nitro benzene ring substituents is 2. The molecule has 0 fully saturated rings. The van der Waals surface area contributed by atoms with Crippen LogP contribution in [0.2, 0.25) is 0 Å². The minimum atomic E-state index is -0.695. The zero-order chi connectivity index (χ0) is 36.4. The highest BCUT2D eigenvalue weighted by Crippen LogP contribution is 2.40. The fraction of sp³-hybridized carbons (Fsp3) is 0.390. The lowest BCUT2D eigenvalue weighted by molar-refractivity contribution is -0.929. The third-order valence-corrected chi connectivity index (χ3v) is 8.96. The van der Waals surface area contributed by atoms with Crippen molar-refractivity contribution in [1.29, 1.82) is 0 Å². The maximum atomic E-state index is 13.2. The van der Waals surface area contributed by atoms with E-state index in [0.29, 0.717) is 16.8 Å². The Labute approximate surface area is 297 Å². The topological polar surface area (TPSA) is 122 Å². The van der Waals surface area contributed by atoms with Crippen molar-refractivity contribution in [3.63, 3.8) is 0 Å². The Hall–Kier alpha value is -4.89. The number of rotatable bonds is 18. The second kappa shape index (κ2) is 20.6. The Kier molecular flexibility index (Phi) is 16.3. The van der Waals surface area contributed by atoms with Gasteiger partial charge in [-0.25, -0.2) is 0 Å². The summed E-state index contributed by atoms with van der Waals surface area (Å²) in [5, 5.41) is 35.6. The fourth-order valence-corrected chi connectivity index (χ4v) is 6.05. The van der Waals surface area contributed by atoms with Crippen LogP contribution in [0.5, 0.6) is 5.75 Å². The van der Waals surface area contributed by atoms with E-state index >= 15 is 0 Å². The van der Waals surface area contributed by atoms with Crippen LogP contribution in [0.1, 0.15) is 84.6 Å². The minimum absolute atomic E-state index is 0.110. The van der Waals surface area contributed by atoms with Gasteiger partial charge < -0.3 is 9.59 Å². The highest BCUT2D eigenvalue weighted by atomic mass is 16.6. The lowest BCUT2D eigenvalue weighted by Crippen LogP contribution is -2.50. The summed E-state index contributed by atoms with van der Waals surface area (Å²) in [7, 11) is 0. The molecule has 0 aromatic heterocycles. The van der Waals surface area contributed by atoms with Crippen LogP contribution in [0.4, 0.5) is 17.1 Å². The van der Waals surface area contributed by atoms with E-state index in [9.17, 15) is 25.3 Å². The van der Waals surface area contributed by atoms with E-state index in [1.54, 1.807) is 12.1 Å². The summed E-state index contributed by atoms with van der Waals surface area (Å²) < 4.78 is 1.42. The van der Waals surface area contributed by atoms with Gasteiger partial charge in [0.05, 0.1) is 53.3 Å². The molecule has 0 aliphatic rings. The highest BCUT2D eigenvalue weighted by Gasteiger charge is 2.24. The van der Waals surface area contributed by atoms with Crippen LogP contribution in [0.25, 0.3) is 22.3 Å². The van der Waals surface area contributed by atoms with Gasteiger partial charge in [0.2, 0.25) is 0 Å². The molecule has 0 bridgehead atoms. The van der Waals surface area contributed by atoms with E-state index in [4.69, 9.17) is 0 Å². The second-order valence-electron chi connectivity index (χ2n) is 12.8. The van der Waals surface area contributed by atoms with Crippen molar-refractivity contribution in [2.45, 2.75) is 79.1 Å². The predicted octanol–water partition coefficient (Wildman–Crippen LogP) is 10.7. The summed E-state index contributed by atoms with van der Waals surface area (Å²) >= 11 is 0. The number of hydrogen-bond acceptors (Lipinski definition) is 6. The Morgan fingerprint density at radius 2 is 1.06 bits per heavy atom. The van der Waals surface area contributed by atoms with E-state index < -0.39 is 15.5 Å². The average Bonchev–Trinajstić information content (AvgIpc) is 3.14. The van der Waals surface area contributed by atoms with E-state index in [2.05, 4.69) is 32.7 Å². The van der Waals surface area contributed by atoms with Gasteiger partial charge in [0.25, 0.3) is 11.4 Å². The normalized spacial score (nSPS) is 11.3. The first kappa shape index (κ1) is 39.5. The lowest BCUT2D eigenvalue weighted by Gasteiger charge is -2.39. The van der Waals surface area contributed by atoms with Crippen molar-refractivity contribution in [3.05, 3.63) is 117 Å². The van der Waals surface area contributed by atoms with Crippen molar-refractivity contribution in [2.24, 2.45) is 4.99 Å². The van der Waals surface area contributed by atoms with Gasteiger partial charge in [0.15, 0.2) is 0 Å². The molecule has 0 atom stereocenters. The zero-order valence-corrected chi connectivity index (χ0v) is 30.1. The van der Waals surface area contributed by atoms with Crippen LogP contribution in [-0.2, 0) is 0 Å². The summed E-state index contributed by atoms with van der Waals surface area (Å²) in [5.74, 6) is -0.160. The van der Waals surface area contributed by atoms with E-state index in [0.717, 1.165) is 17.2 Å². The number of quaternary nitrogens is 1. The Bertz CT molecular complexity index is 1580. The van der Waals surface area contributed by atoms with Gasteiger partial charge in [-0.05, 0) is 66.1 Å². The largest absolute Gasteiger partial charge is 0.872 e. The van der Waals surface area contributed by atoms with Crippen LogP contribution in [-0.4, -0.2) is 46.7 Å². The van der Waals surface area contributed by atoms with E-state index in [1.165, 1.54) is 100 Å². The Balaban J connectivity index is 0.000000338. The minimum Gasteiger partial charge on any atom is -0.872 e. The molecule has 0 radical (unpaired) electrons. The maximum Gasteiger partial charge on any atom is 0.285 e. The molecule has 4 aromatic rings. The number of nitrogens with zero attached hydrogens (tertiary/aromatic N) is 4. The van der Waals surface area contributed by atoms with Crippen molar-refractivity contribution < 1.29 is 19.4 Å². The molecule has 0 unspecified atom stereocenters. The Morgan fingerprint density at radius 3 is 1.44 bits per heavy atom. The molecule has 4 aromatic carbocycles. The molecule has 0 aliphatic heterocycles. The third kappa shape index (κ3) is 11.6. The zero-order valence-electron chi connectivity index (χ0n) is 30.1. The molecule has 4 rings (SSSR count). The molecule has 0 aliphatic carbocycles. The molecule has 0 amide bonds. The second-order valence-corrected chi connectivity index (χ2v) is 12.8. The van der Waals surface area contributed by atoms with Gasteiger partial charge in [-0.15, -0.1) is 0 Å². The molecule has 266 valence electrons. The standard InChI is InChI=1S/C25H17N3O5.C16H36N/c29-25-22(17-7-3-1-4-8-17)13-20(14-23(25)18-9-5-2-6-10-18)26-16-19-11-12-21(27(30)31)15-24(19)28(32)33;1-5-9-13-17(14-10-6-2,15-11-7-3)16-12-8-4/h1-16,29H;5-16H2,1-4H3/q;+1/p-1. The van der Waals surface area contributed by atoms with Gasteiger partial charge in [-0.1, -0.05) is 120 Å². The van der Waals surface area contributed by atoms with Crippen molar-refractivity contribution in [2.75, 3.05) is 26.2 Å². The molecule has 9 nitrogen and oxygen atoms in total. The van der Waals surface area contributed by atoms with Gasteiger partial charge in [0, 0.05) is 12.3 Å². The molecule has 50 heavy (non-hydrogen) atoms. The highest BCUT2D eigenvalue weighted by molar-refractivity contribution is 5.90. The Morgan fingerprint density at radius 1 is 0.620 bits per heavy atom. The first-order valence-corrected chi connectivity index (χ1v) is 18.0. The number of benzene rings is 4. The summed E-state index contributed by atoms with van der Waals surface area (Å²) in [4.78, 5) is 25.4. The van der Waals surface area contributed by atoms with Crippen molar-refractivity contribution in [3.8, 4) is 28.0 Å². The summed E-state index contributed by atoms with van der Waals surface area (Å²) in [6.07, 6.45) is 12.3. The van der Waals surface area contributed by atoms with Crippen LogP contribution >= 0.6 is 0 Å². The van der Waals surface area contributed by atoms with E-state index in [1.807, 2.05) is 60.7 Å². The van der Waals surface area contributed by atoms with Gasteiger partial charge in [0.1, 0.15) is 0 Å². The lowest BCUT2D eigenvalue weighted by atomic mass is 9.96. The molecule has 0 N–H and O–H groups in total. The van der Waals surface area contributed by atoms with E-state index in [-0.39, 0.29) is 17.0 Å². The van der Waals surface area contributed by atoms with Crippen molar-refractivity contribution in [1.82, 2.24) is 0 Å². The number of nitro groups is 2. The molecule has 0 saturated carbocycles. The van der Waals surface area contributed by atoms with Crippen LogP contribution in [0.3, 0.4) is 0 Å². The predicted molar refractivity (Wildman–Crippen MR) is 203 cm³/mol. The number of unbranched alkanes of at least 4 members (excludes halogenated alkanes) is 4. The average molecular weight is 681 g/mol. The number of aliphatic imine (C=N–C) groups is 1. The maximum absolute atomic E-state index is 13.2. The van der Waals surface area contributed by atoms with Crippen LogP contribution in [0, 0.1) is 20.2 Å². The van der Waals surface area contributed by atoms with Crippen molar-refractivity contribution >= 4 is 23.3 Å². The summed E-state index contributed by atoms with van der Waals surface area (Å²) in [6, 6.07) is 24.9. The first-order valence-electron chi connectivity index (χ1n) is 18.0. The molecular weight excluding hydrogens is 628 g/mol. The smallest absolute Gasteiger partial charge is 0.285 e. The third-order valence-electron chi connectivity index (χ3n) is 8.96. The van der Waals surface area contributed by atoms with Crippen LogP contribution in [0.15, 0.2) is 96.0 Å². The first-order chi connectivity index (χ1) is 24.2. The summed E-state index contributed by atoms with van der Waals surface area (Å²) in [5.41, 5.74) is 2.05. The summed E-state index contributed by atoms with van der Waals surface area (Å²) in [6.45, 7) is 15.0. The number of hydrogen-bond donors (Lipinski definition) is 0. The SMILES string of the molecule is CCCC[N+](CCCC)(CCCC)CCCC.O=[N+]([O-])c1ccc(C=Nc2cc(-c3ccccc3)c([O-])c(-c3ccccc3)c2)c([N+](=O)[O-])c1. The number of non-ortho nitro benzene ring substituents is 1. The molecule has 0 spiro atoms. The van der Waals surface area contributed by atoms with Gasteiger partial charge in [-0.3, -0.25) is 25.2 Å². The fourth-order valence-electron chi connectivity index (χ4n) is 6.05. The van der Waals surface area contributed by atoms with Gasteiger partial charge in [-0.2, -0.15) is 0 Å². The molecule has 0 saturated heterocycles. The molecule has 9 heteroatoms. The van der Waals surface area contributed by atoms with Gasteiger partial charge >= 0.3 is 0 Å². The quantitative estimate of drug-likeness (QED) is 0.0448. The molecule has 0 heterocycles.